The van der Waals surface area contributed by atoms with E-state index >= 15 is 0 Å². The molecule has 2 rings (SSSR count). The number of ether oxygens (including phenoxy) is 1. The van der Waals surface area contributed by atoms with Gasteiger partial charge in [-0.05, 0) is 30.0 Å². The molecule has 20 heavy (non-hydrogen) atoms. The molecule has 1 heterocycles. The van der Waals surface area contributed by atoms with Crippen molar-refractivity contribution in [2.45, 2.75) is 32.7 Å². The first kappa shape index (κ1) is 14.9. The van der Waals surface area contributed by atoms with E-state index in [4.69, 9.17) is 10.5 Å². The van der Waals surface area contributed by atoms with Crippen LogP contribution in [0.1, 0.15) is 31.7 Å². The van der Waals surface area contributed by atoms with Gasteiger partial charge in [-0.15, -0.1) is 0 Å². The summed E-state index contributed by atoms with van der Waals surface area (Å²) in [7, 11) is 0. The van der Waals surface area contributed by atoms with Crippen LogP contribution in [-0.4, -0.2) is 30.5 Å². The minimum absolute atomic E-state index is 0.296. The molecule has 4 nitrogen and oxygen atoms in total. The van der Waals surface area contributed by atoms with Crippen LogP contribution in [0, 0.1) is 5.92 Å². The fourth-order valence-corrected chi connectivity index (χ4v) is 2.51. The maximum atomic E-state index is 11.8. The number of carbonyl (C=O) groups excluding carboxylic acids is 1. The Morgan fingerprint density at radius 1 is 1.35 bits per heavy atom. The van der Waals surface area contributed by atoms with Crippen molar-refractivity contribution in [2.24, 2.45) is 11.7 Å². The van der Waals surface area contributed by atoms with Crippen LogP contribution in [0.25, 0.3) is 0 Å². The first-order valence-electron chi connectivity index (χ1n) is 7.42. The summed E-state index contributed by atoms with van der Waals surface area (Å²) in [5.74, 6) is 1.71. The van der Waals surface area contributed by atoms with Crippen molar-refractivity contribution >= 4 is 5.91 Å². The van der Waals surface area contributed by atoms with Gasteiger partial charge < -0.3 is 15.4 Å². The second kappa shape index (κ2) is 7.29. The Hall–Kier alpha value is -1.55. The van der Waals surface area contributed by atoms with E-state index in [2.05, 4.69) is 6.92 Å². The summed E-state index contributed by atoms with van der Waals surface area (Å²) in [6.07, 6.45) is 2.69. The third-order valence-corrected chi connectivity index (χ3v) is 3.87. The van der Waals surface area contributed by atoms with E-state index in [1.165, 1.54) is 0 Å². The summed E-state index contributed by atoms with van der Waals surface area (Å²) in [5, 5.41) is 0. The molecule has 0 aliphatic carbocycles. The number of carbonyl (C=O) groups is 1. The Morgan fingerprint density at radius 2 is 2.10 bits per heavy atom. The van der Waals surface area contributed by atoms with Crippen LogP contribution in [0.5, 0.6) is 5.75 Å². The quantitative estimate of drug-likeness (QED) is 0.777. The zero-order valence-corrected chi connectivity index (χ0v) is 12.2. The Labute approximate surface area is 120 Å². The molecular weight excluding hydrogens is 252 g/mol. The molecule has 1 fully saturated rings. The fraction of sp³-hybridized carbons (Fsp3) is 0.562. The topological polar surface area (TPSA) is 55.6 Å². The smallest absolute Gasteiger partial charge is 0.222 e. The molecule has 1 aromatic carbocycles. The number of amides is 1. The molecule has 0 saturated carbocycles. The van der Waals surface area contributed by atoms with Crippen molar-refractivity contribution in [3.63, 3.8) is 0 Å². The monoisotopic (exact) mass is 276 g/mol. The highest BCUT2D eigenvalue weighted by Crippen LogP contribution is 2.20. The third kappa shape index (κ3) is 3.97. The average Bonchev–Trinajstić information content (AvgIpc) is 2.85. The van der Waals surface area contributed by atoms with Gasteiger partial charge in [-0.2, -0.15) is 0 Å². The van der Waals surface area contributed by atoms with Gasteiger partial charge in [0.2, 0.25) is 5.91 Å². The SMILES string of the molecule is CCC1CC(=O)N(CCCOc2ccc(CN)cc2)C1. The van der Waals surface area contributed by atoms with E-state index in [0.29, 0.717) is 25.0 Å². The van der Waals surface area contributed by atoms with Gasteiger partial charge in [-0.25, -0.2) is 0 Å². The number of benzene rings is 1. The molecule has 1 aromatic rings. The molecule has 1 amide bonds. The zero-order chi connectivity index (χ0) is 14.4. The minimum Gasteiger partial charge on any atom is -0.494 e. The third-order valence-electron chi connectivity index (χ3n) is 3.87. The van der Waals surface area contributed by atoms with Gasteiger partial charge in [0.1, 0.15) is 5.75 Å². The molecule has 1 aliphatic heterocycles. The molecule has 0 radical (unpaired) electrons. The van der Waals surface area contributed by atoms with Crippen LogP contribution < -0.4 is 10.5 Å². The maximum absolute atomic E-state index is 11.8. The number of nitrogens with zero attached hydrogens (tertiary/aromatic N) is 1. The molecule has 0 bridgehead atoms. The van der Waals surface area contributed by atoms with Crippen LogP contribution >= 0.6 is 0 Å². The van der Waals surface area contributed by atoms with E-state index in [1.807, 2.05) is 29.2 Å². The minimum atomic E-state index is 0.296. The molecule has 1 saturated heterocycles. The van der Waals surface area contributed by atoms with Crippen molar-refractivity contribution in [1.29, 1.82) is 0 Å². The van der Waals surface area contributed by atoms with Gasteiger partial charge >= 0.3 is 0 Å². The molecular formula is C16H24N2O2. The van der Waals surface area contributed by atoms with Crippen molar-refractivity contribution in [3.05, 3.63) is 29.8 Å². The Kier molecular flexibility index (Phi) is 5.41. The number of nitrogens with two attached hydrogens (primary N) is 1. The van der Waals surface area contributed by atoms with Gasteiger partial charge in [0.05, 0.1) is 6.61 Å². The van der Waals surface area contributed by atoms with E-state index < -0.39 is 0 Å². The van der Waals surface area contributed by atoms with Gasteiger partial charge in [-0.1, -0.05) is 25.5 Å². The predicted octanol–water partition coefficient (Wildman–Crippen LogP) is 2.17. The predicted molar refractivity (Wildman–Crippen MR) is 79.4 cm³/mol. The maximum Gasteiger partial charge on any atom is 0.222 e. The molecule has 1 unspecified atom stereocenters. The fourth-order valence-electron chi connectivity index (χ4n) is 2.51. The second-order valence-electron chi connectivity index (χ2n) is 5.37. The van der Waals surface area contributed by atoms with E-state index in [-0.39, 0.29) is 0 Å². The normalized spacial score (nSPS) is 18.6. The Morgan fingerprint density at radius 3 is 2.70 bits per heavy atom. The summed E-state index contributed by atoms with van der Waals surface area (Å²) in [6, 6.07) is 7.84. The lowest BCUT2D eigenvalue weighted by molar-refractivity contribution is -0.127. The van der Waals surface area contributed by atoms with Crippen molar-refractivity contribution in [3.8, 4) is 5.75 Å². The van der Waals surface area contributed by atoms with Crippen LogP contribution in [-0.2, 0) is 11.3 Å². The molecule has 1 atom stereocenters. The summed E-state index contributed by atoms with van der Waals surface area (Å²) in [5.41, 5.74) is 6.65. The van der Waals surface area contributed by atoms with Gasteiger partial charge in [-0.3, -0.25) is 4.79 Å². The summed E-state index contributed by atoms with van der Waals surface area (Å²) in [6.45, 7) is 5.06. The molecule has 0 spiro atoms. The lowest BCUT2D eigenvalue weighted by atomic mass is 10.1. The van der Waals surface area contributed by atoms with Gasteiger partial charge in [0, 0.05) is 26.1 Å². The highest BCUT2D eigenvalue weighted by atomic mass is 16.5. The summed E-state index contributed by atoms with van der Waals surface area (Å²) < 4.78 is 5.67. The first-order valence-corrected chi connectivity index (χ1v) is 7.42. The van der Waals surface area contributed by atoms with E-state index in [9.17, 15) is 4.79 Å². The number of hydrogen-bond acceptors (Lipinski definition) is 3. The average molecular weight is 276 g/mol. The second-order valence-corrected chi connectivity index (χ2v) is 5.37. The molecule has 1 aliphatic rings. The molecule has 2 N–H and O–H groups in total. The van der Waals surface area contributed by atoms with Crippen molar-refractivity contribution < 1.29 is 9.53 Å². The van der Waals surface area contributed by atoms with Crippen LogP contribution in [0.2, 0.25) is 0 Å². The van der Waals surface area contributed by atoms with E-state index in [1.54, 1.807) is 0 Å². The zero-order valence-electron chi connectivity index (χ0n) is 12.2. The molecule has 4 heteroatoms. The molecule has 0 aromatic heterocycles. The summed E-state index contributed by atoms with van der Waals surface area (Å²) in [4.78, 5) is 13.7. The van der Waals surface area contributed by atoms with Crippen LogP contribution in [0.15, 0.2) is 24.3 Å². The van der Waals surface area contributed by atoms with Gasteiger partial charge in [0.25, 0.3) is 0 Å². The lowest BCUT2D eigenvalue weighted by Crippen LogP contribution is -2.27. The number of hydrogen-bond donors (Lipinski definition) is 1. The first-order chi connectivity index (χ1) is 9.72. The highest BCUT2D eigenvalue weighted by Gasteiger charge is 2.27. The molecule has 110 valence electrons. The van der Waals surface area contributed by atoms with Crippen molar-refractivity contribution in [1.82, 2.24) is 4.90 Å². The highest BCUT2D eigenvalue weighted by molar-refractivity contribution is 5.78. The lowest BCUT2D eigenvalue weighted by Gasteiger charge is -2.16. The largest absolute Gasteiger partial charge is 0.494 e. The summed E-state index contributed by atoms with van der Waals surface area (Å²) >= 11 is 0. The number of likely N-dealkylation sites (tertiary alicyclic amines) is 1. The Bertz CT molecular complexity index is 431. The van der Waals surface area contributed by atoms with Crippen LogP contribution in [0.4, 0.5) is 0 Å². The number of rotatable bonds is 7. The van der Waals surface area contributed by atoms with Crippen molar-refractivity contribution in [2.75, 3.05) is 19.7 Å². The Balaban J connectivity index is 1.67. The van der Waals surface area contributed by atoms with Crippen LogP contribution in [0.3, 0.4) is 0 Å². The standard InChI is InChI=1S/C16H24N2O2/c1-2-13-10-16(19)18(12-13)8-3-9-20-15-6-4-14(11-17)5-7-15/h4-7,13H,2-3,8-12,17H2,1H3. The van der Waals surface area contributed by atoms with Gasteiger partial charge in [0.15, 0.2) is 0 Å². The van der Waals surface area contributed by atoms with E-state index in [0.717, 1.165) is 43.7 Å².